The Morgan fingerprint density at radius 2 is 2.18 bits per heavy atom. The van der Waals surface area contributed by atoms with Gasteiger partial charge in [0.1, 0.15) is 11.4 Å². The zero-order valence-corrected chi connectivity index (χ0v) is 11.2. The van der Waals surface area contributed by atoms with Crippen LogP contribution in [-0.2, 0) is 10.4 Å². The standard InChI is InChI=1S/C12H14BrFO3/c1-3-8(11(15)16)12(2,17)9-5-4-7(13)6-10(9)14/h4-6,8,17H,3H2,1-2H3,(H,15,16). The molecule has 0 aliphatic rings. The van der Waals surface area contributed by atoms with Crippen LogP contribution in [0.25, 0.3) is 0 Å². The van der Waals surface area contributed by atoms with Crippen LogP contribution in [0.3, 0.4) is 0 Å². The molecule has 0 saturated heterocycles. The maximum Gasteiger partial charge on any atom is 0.309 e. The summed E-state index contributed by atoms with van der Waals surface area (Å²) in [7, 11) is 0. The average Bonchev–Trinajstić information content (AvgIpc) is 2.16. The number of aliphatic carboxylic acids is 1. The first kappa shape index (κ1) is 14.1. The van der Waals surface area contributed by atoms with Crippen LogP contribution in [0.1, 0.15) is 25.8 Å². The molecular formula is C12H14BrFO3. The Morgan fingerprint density at radius 1 is 1.59 bits per heavy atom. The van der Waals surface area contributed by atoms with Gasteiger partial charge in [-0.1, -0.05) is 28.9 Å². The first-order valence-corrected chi connectivity index (χ1v) is 6.00. The first-order valence-electron chi connectivity index (χ1n) is 5.21. The third kappa shape index (κ3) is 2.84. The smallest absolute Gasteiger partial charge is 0.309 e. The number of halogens is 2. The quantitative estimate of drug-likeness (QED) is 0.899. The second-order valence-corrected chi connectivity index (χ2v) is 4.99. The molecule has 1 rings (SSSR count). The topological polar surface area (TPSA) is 57.5 Å². The van der Waals surface area contributed by atoms with Gasteiger partial charge in [-0.25, -0.2) is 4.39 Å². The highest BCUT2D eigenvalue weighted by atomic mass is 79.9. The minimum atomic E-state index is -1.73. The van der Waals surface area contributed by atoms with Crippen LogP contribution < -0.4 is 0 Å². The Balaban J connectivity index is 3.24. The lowest BCUT2D eigenvalue weighted by atomic mass is 9.81. The van der Waals surface area contributed by atoms with E-state index in [2.05, 4.69) is 15.9 Å². The molecule has 1 aromatic rings. The molecule has 3 nitrogen and oxygen atoms in total. The maximum absolute atomic E-state index is 13.7. The lowest BCUT2D eigenvalue weighted by molar-refractivity contribution is -0.152. The van der Waals surface area contributed by atoms with Crippen molar-refractivity contribution in [3.8, 4) is 0 Å². The Bertz CT molecular complexity index is 432. The van der Waals surface area contributed by atoms with E-state index in [1.54, 1.807) is 13.0 Å². The molecule has 0 aromatic heterocycles. The van der Waals surface area contributed by atoms with Crippen LogP contribution in [0.4, 0.5) is 4.39 Å². The van der Waals surface area contributed by atoms with Crippen LogP contribution in [0.2, 0.25) is 0 Å². The molecule has 0 radical (unpaired) electrons. The normalized spacial score (nSPS) is 16.3. The Labute approximate surface area is 107 Å². The molecule has 1 aromatic carbocycles. The van der Waals surface area contributed by atoms with Crippen molar-refractivity contribution in [2.75, 3.05) is 0 Å². The number of aliphatic hydroxyl groups is 1. The van der Waals surface area contributed by atoms with Crippen molar-refractivity contribution in [3.05, 3.63) is 34.1 Å². The predicted molar refractivity (Wildman–Crippen MR) is 65.1 cm³/mol. The first-order chi connectivity index (χ1) is 7.80. The zero-order valence-electron chi connectivity index (χ0n) is 9.58. The fourth-order valence-electron chi connectivity index (χ4n) is 1.90. The summed E-state index contributed by atoms with van der Waals surface area (Å²) in [6.45, 7) is 2.96. The highest BCUT2D eigenvalue weighted by molar-refractivity contribution is 9.10. The molecule has 2 atom stereocenters. The summed E-state index contributed by atoms with van der Waals surface area (Å²) in [6, 6.07) is 4.17. The molecule has 5 heteroatoms. The van der Waals surface area contributed by atoms with E-state index in [1.807, 2.05) is 0 Å². The van der Waals surface area contributed by atoms with E-state index in [0.29, 0.717) is 4.47 Å². The molecule has 2 N–H and O–H groups in total. The number of carbonyl (C=O) groups is 1. The summed E-state index contributed by atoms with van der Waals surface area (Å²) >= 11 is 3.11. The molecule has 0 aliphatic heterocycles. The second-order valence-electron chi connectivity index (χ2n) is 4.07. The summed E-state index contributed by atoms with van der Waals surface area (Å²) in [5.74, 6) is -2.80. The van der Waals surface area contributed by atoms with Gasteiger partial charge >= 0.3 is 5.97 Å². The van der Waals surface area contributed by atoms with Crippen molar-refractivity contribution >= 4 is 21.9 Å². The van der Waals surface area contributed by atoms with E-state index < -0.39 is 23.3 Å². The van der Waals surface area contributed by atoms with Crippen molar-refractivity contribution in [1.29, 1.82) is 0 Å². The van der Waals surface area contributed by atoms with Crippen molar-refractivity contribution < 1.29 is 19.4 Å². The molecule has 0 amide bonds. The molecule has 0 heterocycles. The van der Waals surface area contributed by atoms with Crippen molar-refractivity contribution in [1.82, 2.24) is 0 Å². The summed E-state index contributed by atoms with van der Waals surface area (Å²) in [5.41, 5.74) is -1.74. The Hall–Kier alpha value is -0.940. The minimum absolute atomic E-state index is 0.00468. The van der Waals surface area contributed by atoms with Gasteiger partial charge in [-0.2, -0.15) is 0 Å². The van der Waals surface area contributed by atoms with E-state index in [9.17, 15) is 14.3 Å². The molecule has 2 unspecified atom stereocenters. The molecule has 0 aliphatic carbocycles. The van der Waals surface area contributed by atoms with Crippen molar-refractivity contribution in [2.45, 2.75) is 25.9 Å². The molecule has 17 heavy (non-hydrogen) atoms. The number of hydrogen-bond donors (Lipinski definition) is 2. The molecule has 94 valence electrons. The maximum atomic E-state index is 13.7. The molecule has 0 spiro atoms. The lowest BCUT2D eigenvalue weighted by Crippen LogP contribution is -2.37. The molecular weight excluding hydrogens is 291 g/mol. The van der Waals surface area contributed by atoms with Crippen LogP contribution >= 0.6 is 15.9 Å². The fourth-order valence-corrected chi connectivity index (χ4v) is 2.23. The summed E-state index contributed by atoms with van der Waals surface area (Å²) < 4.78 is 14.3. The summed E-state index contributed by atoms with van der Waals surface area (Å²) in [4.78, 5) is 11.0. The third-order valence-corrected chi connectivity index (χ3v) is 3.35. The van der Waals surface area contributed by atoms with Gasteiger partial charge in [-0.05, 0) is 25.5 Å². The molecule has 0 fully saturated rings. The van der Waals surface area contributed by atoms with Crippen LogP contribution in [0.5, 0.6) is 0 Å². The monoisotopic (exact) mass is 304 g/mol. The highest BCUT2D eigenvalue weighted by Crippen LogP contribution is 2.34. The van der Waals surface area contributed by atoms with Crippen molar-refractivity contribution in [2.24, 2.45) is 5.92 Å². The van der Waals surface area contributed by atoms with Crippen molar-refractivity contribution in [3.63, 3.8) is 0 Å². The van der Waals surface area contributed by atoms with Gasteiger partial charge < -0.3 is 10.2 Å². The Kier molecular flexibility index (Phi) is 4.27. The van der Waals surface area contributed by atoms with E-state index in [0.717, 1.165) is 0 Å². The molecule has 0 saturated carbocycles. The minimum Gasteiger partial charge on any atom is -0.481 e. The zero-order chi connectivity index (χ0) is 13.2. The van der Waals surface area contributed by atoms with Crippen LogP contribution in [-0.4, -0.2) is 16.2 Å². The fraction of sp³-hybridized carbons (Fsp3) is 0.417. The average molecular weight is 305 g/mol. The van der Waals surface area contributed by atoms with Gasteiger partial charge in [0, 0.05) is 10.0 Å². The Morgan fingerprint density at radius 3 is 2.59 bits per heavy atom. The van der Waals surface area contributed by atoms with Gasteiger partial charge in [0.15, 0.2) is 0 Å². The highest BCUT2D eigenvalue weighted by Gasteiger charge is 2.39. The largest absolute Gasteiger partial charge is 0.481 e. The number of rotatable bonds is 4. The number of benzene rings is 1. The van der Waals surface area contributed by atoms with Gasteiger partial charge in [-0.15, -0.1) is 0 Å². The number of hydrogen-bond acceptors (Lipinski definition) is 2. The number of carboxylic acids is 1. The van der Waals surface area contributed by atoms with E-state index in [-0.39, 0.29) is 12.0 Å². The van der Waals surface area contributed by atoms with Gasteiger partial charge in [0.05, 0.1) is 5.92 Å². The summed E-state index contributed by atoms with van der Waals surface area (Å²) in [5, 5.41) is 19.3. The lowest BCUT2D eigenvalue weighted by Gasteiger charge is -2.30. The second kappa shape index (κ2) is 5.14. The molecule has 0 bridgehead atoms. The predicted octanol–water partition coefficient (Wildman–Crippen LogP) is 2.91. The van der Waals surface area contributed by atoms with Gasteiger partial charge in [-0.3, -0.25) is 4.79 Å². The van der Waals surface area contributed by atoms with E-state index >= 15 is 0 Å². The third-order valence-electron chi connectivity index (χ3n) is 2.86. The van der Waals surface area contributed by atoms with E-state index in [4.69, 9.17) is 5.11 Å². The van der Waals surface area contributed by atoms with E-state index in [1.165, 1.54) is 19.1 Å². The van der Waals surface area contributed by atoms with Crippen LogP contribution in [0.15, 0.2) is 22.7 Å². The SMILES string of the molecule is CCC(C(=O)O)C(C)(O)c1ccc(Br)cc1F. The number of carboxylic acid groups (broad SMARTS) is 1. The van der Waals surface area contributed by atoms with Gasteiger partial charge in [0.25, 0.3) is 0 Å². The van der Waals surface area contributed by atoms with Crippen LogP contribution in [0, 0.1) is 11.7 Å². The summed E-state index contributed by atoms with van der Waals surface area (Å²) in [6.07, 6.45) is 0.220. The van der Waals surface area contributed by atoms with Gasteiger partial charge in [0.2, 0.25) is 0 Å².